The van der Waals surface area contributed by atoms with E-state index < -0.39 is 36.4 Å². The van der Waals surface area contributed by atoms with Crippen LogP contribution >= 0.6 is 0 Å². The SMILES string of the molecule is C[C@H](N)Cc1ccccc1.O=C(O)[C@@H](O)[C@H](O)[C@@H](O)[C@@H](O)C(=O)O. The van der Waals surface area contributed by atoms with Crippen LogP contribution in [0.25, 0.3) is 0 Å². The first-order valence-electron chi connectivity index (χ1n) is 7.05. The van der Waals surface area contributed by atoms with Crippen molar-refractivity contribution < 1.29 is 40.2 Å². The number of carboxylic acids is 2. The molecule has 0 spiro atoms. The predicted molar refractivity (Wildman–Crippen MR) is 83.1 cm³/mol. The molecule has 0 unspecified atom stereocenters. The Labute approximate surface area is 138 Å². The van der Waals surface area contributed by atoms with Crippen molar-refractivity contribution in [1.29, 1.82) is 0 Å². The lowest BCUT2D eigenvalue weighted by Gasteiger charge is -2.21. The summed E-state index contributed by atoms with van der Waals surface area (Å²) in [5.74, 6) is -3.68. The van der Waals surface area contributed by atoms with Gasteiger partial charge in [0.15, 0.2) is 12.2 Å². The van der Waals surface area contributed by atoms with Gasteiger partial charge in [0.05, 0.1) is 0 Å². The van der Waals surface area contributed by atoms with Crippen molar-refractivity contribution in [2.45, 2.75) is 43.8 Å². The first kappa shape index (κ1) is 22.0. The molecule has 1 aromatic carbocycles. The van der Waals surface area contributed by atoms with Gasteiger partial charge < -0.3 is 36.4 Å². The number of hydrogen-bond donors (Lipinski definition) is 7. The van der Waals surface area contributed by atoms with E-state index in [0.717, 1.165) is 6.42 Å². The van der Waals surface area contributed by atoms with Crippen LogP contribution in [0.3, 0.4) is 0 Å². The lowest BCUT2D eigenvalue weighted by atomic mass is 10.0. The first-order chi connectivity index (χ1) is 11.1. The number of carbonyl (C=O) groups is 2. The van der Waals surface area contributed by atoms with Crippen LogP contribution in [-0.4, -0.2) is 73.0 Å². The zero-order valence-electron chi connectivity index (χ0n) is 13.1. The second-order valence-corrected chi connectivity index (χ2v) is 5.21. The average molecular weight is 345 g/mol. The van der Waals surface area contributed by atoms with Crippen LogP contribution in [0.1, 0.15) is 12.5 Å². The molecule has 0 saturated heterocycles. The minimum atomic E-state index is -2.36. The summed E-state index contributed by atoms with van der Waals surface area (Å²) < 4.78 is 0. The summed E-state index contributed by atoms with van der Waals surface area (Å²) in [5.41, 5.74) is 6.94. The summed E-state index contributed by atoms with van der Waals surface area (Å²) in [7, 11) is 0. The second kappa shape index (κ2) is 10.7. The molecule has 9 heteroatoms. The number of nitrogens with two attached hydrogens (primary N) is 1. The Hall–Kier alpha value is -2.04. The summed E-state index contributed by atoms with van der Waals surface area (Å²) in [4.78, 5) is 20.2. The fourth-order valence-corrected chi connectivity index (χ4v) is 1.65. The molecule has 5 atom stereocenters. The van der Waals surface area contributed by atoms with E-state index in [0.29, 0.717) is 0 Å². The summed E-state index contributed by atoms with van der Waals surface area (Å²) in [6, 6.07) is 10.6. The van der Waals surface area contributed by atoms with Crippen molar-refractivity contribution in [3.63, 3.8) is 0 Å². The molecule has 24 heavy (non-hydrogen) atoms. The summed E-state index contributed by atoms with van der Waals surface area (Å²) in [6.45, 7) is 2.02. The van der Waals surface area contributed by atoms with Gasteiger partial charge in [-0.15, -0.1) is 0 Å². The third-order valence-electron chi connectivity index (χ3n) is 2.90. The second-order valence-electron chi connectivity index (χ2n) is 5.21. The summed E-state index contributed by atoms with van der Waals surface area (Å²) in [5, 5.41) is 51.5. The fraction of sp³-hybridized carbons (Fsp3) is 0.467. The maximum Gasteiger partial charge on any atom is 0.335 e. The smallest absolute Gasteiger partial charge is 0.335 e. The first-order valence-corrected chi connectivity index (χ1v) is 7.05. The van der Waals surface area contributed by atoms with E-state index >= 15 is 0 Å². The monoisotopic (exact) mass is 345 g/mol. The zero-order chi connectivity index (χ0) is 18.9. The molecule has 0 aliphatic heterocycles. The van der Waals surface area contributed by atoms with Gasteiger partial charge in [-0.2, -0.15) is 0 Å². The van der Waals surface area contributed by atoms with Crippen molar-refractivity contribution in [1.82, 2.24) is 0 Å². The number of aliphatic hydroxyl groups is 4. The van der Waals surface area contributed by atoms with Gasteiger partial charge in [-0.25, -0.2) is 9.59 Å². The van der Waals surface area contributed by atoms with Gasteiger partial charge in [-0.1, -0.05) is 30.3 Å². The van der Waals surface area contributed by atoms with Gasteiger partial charge in [0.2, 0.25) is 0 Å². The molecule has 8 N–H and O–H groups in total. The van der Waals surface area contributed by atoms with Gasteiger partial charge in [-0.05, 0) is 18.9 Å². The van der Waals surface area contributed by atoms with Crippen molar-refractivity contribution in [2.24, 2.45) is 5.73 Å². The molecule has 0 aliphatic carbocycles. The lowest BCUT2D eigenvalue weighted by Crippen LogP contribution is -2.49. The van der Waals surface area contributed by atoms with Crippen LogP contribution in [0.15, 0.2) is 30.3 Å². The number of rotatable bonds is 7. The van der Waals surface area contributed by atoms with Crippen molar-refractivity contribution in [2.75, 3.05) is 0 Å². The van der Waals surface area contributed by atoms with Gasteiger partial charge in [0, 0.05) is 6.04 Å². The van der Waals surface area contributed by atoms with Crippen LogP contribution in [0.4, 0.5) is 0 Å². The molecule has 9 nitrogen and oxygen atoms in total. The highest BCUT2D eigenvalue weighted by Gasteiger charge is 2.37. The highest BCUT2D eigenvalue weighted by molar-refractivity contribution is 5.75. The van der Waals surface area contributed by atoms with Crippen LogP contribution < -0.4 is 5.73 Å². The Balaban J connectivity index is 0.000000463. The standard InChI is InChI=1S/C9H13N.C6H10O8/c1-8(10)7-9-5-3-2-4-6-9;7-1(3(9)5(11)12)2(8)4(10)6(13)14/h2-6,8H,7,10H2,1H3;1-4,7-10H,(H,11,12)(H,13,14)/t8-;1-,2-,3-,4+/m01/s1. The average Bonchev–Trinajstić information content (AvgIpc) is 2.52. The van der Waals surface area contributed by atoms with E-state index in [1.165, 1.54) is 5.56 Å². The molecule has 136 valence electrons. The zero-order valence-corrected chi connectivity index (χ0v) is 13.1. The molecule has 0 fully saturated rings. The third-order valence-corrected chi connectivity index (χ3v) is 2.90. The topological polar surface area (TPSA) is 182 Å². The van der Waals surface area contributed by atoms with E-state index in [4.69, 9.17) is 36.4 Å². The lowest BCUT2D eigenvalue weighted by molar-refractivity contribution is -0.172. The number of benzene rings is 1. The molecule has 0 amide bonds. The van der Waals surface area contributed by atoms with Crippen LogP contribution in [0.5, 0.6) is 0 Å². The third kappa shape index (κ3) is 7.99. The van der Waals surface area contributed by atoms with E-state index in [-0.39, 0.29) is 6.04 Å². The maximum absolute atomic E-state index is 10.1. The molecule has 0 aromatic heterocycles. The number of hydrogen-bond acceptors (Lipinski definition) is 7. The van der Waals surface area contributed by atoms with Crippen LogP contribution in [0, 0.1) is 0 Å². The summed E-state index contributed by atoms with van der Waals surface area (Å²) >= 11 is 0. The molecule has 1 rings (SSSR count). The molecular weight excluding hydrogens is 322 g/mol. The fourth-order valence-electron chi connectivity index (χ4n) is 1.65. The number of aliphatic carboxylic acids is 2. The minimum absolute atomic E-state index is 0.266. The molecule has 0 saturated carbocycles. The van der Waals surface area contributed by atoms with E-state index in [1.807, 2.05) is 25.1 Å². The Morgan fingerprint density at radius 1 is 0.917 bits per heavy atom. The molecule has 1 aromatic rings. The normalized spacial score (nSPS) is 16.8. The molecule has 0 bridgehead atoms. The Kier molecular flexibility index (Phi) is 9.77. The summed E-state index contributed by atoms with van der Waals surface area (Å²) in [6.07, 6.45) is -8.31. The van der Waals surface area contributed by atoms with Crippen molar-refractivity contribution >= 4 is 11.9 Å². The molecule has 0 radical (unpaired) electrons. The minimum Gasteiger partial charge on any atom is -0.479 e. The Morgan fingerprint density at radius 2 is 1.29 bits per heavy atom. The Morgan fingerprint density at radius 3 is 1.58 bits per heavy atom. The van der Waals surface area contributed by atoms with Gasteiger partial charge in [0.25, 0.3) is 0 Å². The highest BCUT2D eigenvalue weighted by atomic mass is 16.4. The van der Waals surface area contributed by atoms with Crippen molar-refractivity contribution in [3.8, 4) is 0 Å². The maximum atomic E-state index is 10.1. The highest BCUT2D eigenvalue weighted by Crippen LogP contribution is 2.05. The molecular formula is C15H23NO8. The Bertz CT molecular complexity index is 483. The van der Waals surface area contributed by atoms with Crippen LogP contribution in [0.2, 0.25) is 0 Å². The van der Waals surface area contributed by atoms with Crippen LogP contribution in [-0.2, 0) is 16.0 Å². The van der Waals surface area contributed by atoms with E-state index in [1.54, 1.807) is 0 Å². The van der Waals surface area contributed by atoms with E-state index in [2.05, 4.69) is 12.1 Å². The van der Waals surface area contributed by atoms with Gasteiger partial charge >= 0.3 is 11.9 Å². The largest absolute Gasteiger partial charge is 0.479 e. The molecule has 0 aliphatic rings. The van der Waals surface area contributed by atoms with E-state index in [9.17, 15) is 9.59 Å². The number of carboxylic acid groups (broad SMARTS) is 2. The van der Waals surface area contributed by atoms with Crippen molar-refractivity contribution in [3.05, 3.63) is 35.9 Å². The van der Waals surface area contributed by atoms with Gasteiger partial charge in [0.1, 0.15) is 12.2 Å². The number of aliphatic hydroxyl groups excluding tert-OH is 4. The quantitative estimate of drug-likeness (QED) is 0.299. The predicted octanol–water partition coefficient (Wildman–Crippen LogP) is -1.82. The van der Waals surface area contributed by atoms with Gasteiger partial charge in [-0.3, -0.25) is 0 Å². The molecule has 0 heterocycles.